The van der Waals surface area contributed by atoms with E-state index in [1.54, 1.807) is 0 Å². The van der Waals surface area contributed by atoms with Crippen LogP contribution >= 0.6 is 0 Å². The molecule has 0 N–H and O–H groups in total. The third-order valence-corrected chi connectivity index (χ3v) is 10.5. The van der Waals surface area contributed by atoms with E-state index in [1.165, 1.54) is 32.1 Å². The van der Waals surface area contributed by atoms with Gasteiger partial charge in [-0.2, -0.15) is 0 Å². The number of unbranched alkanes of at least 4 members (excludes halogenated alkanes) is 16. The van der Waals surface area contributed by atoms with Gasteiger partial charge >= 0.3 is 17.9 Å². The normalized spacial score (nSPS) is 13.5. The van der Waals surface area contributed by atoms with E-state index in [0.29, 0.717) is 12.8 Å². The van der Waals surface area contributed by atoms with Crippen molar-refractivity contribution in [1.29, 1.82) is 0 Å². The third kappa shape index (κ3) is 53.6. The molecule has 69 heavy (non-hydrogen) atoms. The minimum absolute atomic E-state index is 0.117. The maximum absolute atomic E-state index is 12.8. The van der Waals surface area contributed by atoms with Crippen LogP contribution in [-0.2, 0) is 28.6 Å². The fourth-order valence-electron chi connectivity index (χ4n) is 6.55. The molecular formula is C63H94O6. The van der Waals surface area contributed by atoms with Crippen molar-refractivity contribution in [3.8, 4) is 0 Å². The Balaban J connectivity index is 4.61. The van der Waals surface area contributed by atoms with Gasteiger partial charge in [0.1, 0.15) is 13.2 Å². The Morgan fingerprint density at radius 1 is 0.319 bits per heavy atom. The Kier molecular flexibility index (Phi) is 51.2. The highest BCUT2D eigenvalue weighted by Gasteiger charge is 2.19. The maximum Gasteiger partial charge on any atom is 0.306 e. The van der Waals surface area contributed by atoms with E-state index in [0.717, 1.165) is 109 Å². The van der Waals surface area contributed by atoms with Crippen molar-refractivity contribution in [1.82, 2.24) is 0 Å². The van der Waals surface area contributed by atoms with Gasteiger partial charge in [0.15, 0.2) is 6.10 Å². The highest BCUT2D eigenvalue weighted by Crippen LogP contribution is 2.13. The van der Waals surface area contributed by atoms with Gasteiger partial charge in [-0.05, 0) is 83.5 Å². The fraction of sp³-hybridized carbons (Fsp3) is 0.508. The van der Waals surface area contributed by atoms with Crippen molar-refractivity contribution < 1.29 is 28.6 Å². The molecule has 0 aromatic carbocycles. The zero-order valence-corrected chi connectivity index (χ0v) is 43.5. The largest absolute Gasteiger partial charge is 0.462 e. The topological polar surface area (TPSA) is 78.9 Å². The minimum Gasteiger partial charge on any atom is -0.462 e. The molecule has 0 bridgehead atoms. The molecule has 0 saturated heterocycles. The van der Waals surface area contributed by atoms with Gasteiger partial charge in [0, 0.05) is 19.3 Å². The molecule has 0 aliphatic rings. The summed E-state index contributed by atoms with van der Waals surface area (Å²) in [7, 11) is 0. The number of hydrogen-bond donors (Lipinski definition) is 0. The van der Waals surface area contributed by atoms with E-state index in [9.17, 15) is 14.4 Å². The van der Waals surface area contributed by atoms with Gasteiger partial charge in [-0.3, -0.25) is 14.4 Å². The van der Waals surface area contributed by atoms with Crippen LogP contribution in [0, 0.1) is 0 Å². The molecule has 0 fully saturated rings. The summed E-state index contributed by atoms with van der Waals surface area (Å²) >= 11 is 0. The van der Waals surface area contributed by atoms with Crippen molar-refractivity contribution in [2.24, 2.45) is 0 Å². The van der Waals surface area contributed by atoms with Crippen molar-refractivity contribution in [2.45, 2.75) is 194 Å². The number of rotatable bonds is 45. The summed E-state index contributed by atoms with van der Waals surface area (Å²) < 4.78 is 16.8. The first-order valence-electron chi connectivity index (χ1n) is 26.8. The van der Waals surface area contributed by atoms with E-state index < -0.39 is 6.10 Å². The van der Waals surface area contributed by atoms with Gasteiger partial charge in [-0.1, -0.05) is 255 Å². The number of carbonyl (C=O) groups is 3. The lowest BCUT2D eigenvalue weighted by molar-refractivity contribution is -0.167. The summed E-state index contributed by atoms with van der Waals surface area (Å²) in [5.41, 5.74) is 0. The van der Waals surface area contributed by atoms with Crippen LogP contribution in [0.1, 0.15) is 188 Å². The standard InChI is InChI=1S/C63H94O6/c1-4-7-10-13-16-19-22-25-28-30-32-34-35-38-41-44-47-50-53-56-62(65)68-59-60(58-67-61(64)55-52-49-46-43-40-37-27-24-21-18-15-12-9-6-3)69-63(66)57-54-51-48-45-42-39-36-33-31-29-26-23-20-17-14-11-8-5-2/h7,9-14,16-23,25-26,28-36,38,41,60H,4-6,8,15,24,27,37,39-40,42-59H2,1-3H3/b10-7-,12-9-,14-11-,16-13-,20-17-,21-18-,22-19-,26-23-,28-25-,31-29-,32-30+,35-34-,36-33-,41-38-. The van der Waals surface area contributed by atoms with Gasteiger partial charge in [0.2, 0.25) is 0 Å². The lowest BCUT2D eigenvalue weighted by Gasteiger charge is -2.18. The van der Waals surface area contributed by atoms with Crippen LogP contribution in [-0.4, -0.2) is 37.2 Å². The number of carbonyl (C=O) groups excluding carboxylic acids is 3. The van der Waals surface area contributed by atoms with E-state index in [2.05, 4.69) is 81.5 Å². The predicted octanol–water partition coefficient (Wildman–Crippen LogP) is 18.0. The molecule has 0 aliphatic heterocycles. The van der Waals surface area contributed by atoms with E-state index in [4.69, 9.17) is 14.2 Å². The first-order chi connectivity index (χ1) is 34.0. The molecule has 0 aromatic rings. The Hall–Kier alpha value is -5.23. The second-order valence-corrected chi connectivity index (χ2v) is 17.0. The number of esters is 3. The number of ether oxygens (including phenoxy) is 3. The molecule has 0 rings (SSSR count). The van der Waals surface area contributed by atoms with Crippen molar-refractivity contribution >= 4 is 17.9 Å². The minimum atomic E-state index is -0.824. The zero-order valence-electron chi connectivity index (χ0n) is 43.5. The first kappa shape index (κ1) is 63.8. The number of allylic oxidation sites excluding steroid dienone is 28. The molecule has 0 heterocycles. The molecular weight excluding hydrogens is 853 g/mol. The monoisotopic (exact) mass is 947 g/mol. The molecule has 382 valence electrons. The Morgan fingerprint density at radius 3 is 1.06 bits per heavy atom. The van der Waals surface area contributed by atoms with Crippen molar-refractivity contribution in [3.05, 3.63) is 170 Å². The molecule has 0 saturated carbocycles. The number of hydrogen-bond acceptors (Lipinski definition) is 6. The summed E-state index contributed by atoms with van der Waals surface area (Å²) in [5, 5.41) is 0. The molecule has 0 aliphatic carbocycles. The summed E-state index contributed by atoms with van der Waals surface area (Å²) in [6.07, 6.45) is 81.8. The van der Waals surface area contributed by atoms with Gasteiger partial charge in [0.25, 0.3) is 0 Å². The molecule has 1 unspecified atom stereocenters. The zero-order chi connectivity index (χ0) is 50.0. The summed E-state index contributed by atoms with van der Waals surface area (Å²) in [6.45, 7) is 6.20. The molecule has 6 heteroatoms. The quantitative estimate of drug-likeness (QED) is 0.0199. The average molecular weight is 947 g/mol. The highest BCUT2D eigenvalue weighted by molar-refractivity contribution is 5.71. The van der Waals surface area contributed by atoms with Crippen LogP contribution in [0.3, 0.4) is 0 Å². The Morgan fingerprint density at radius 2 is 0.638 bits per heavy atom. The Labute approximate surface area is 422 Å². The summed E-state index contributed by atoms with van der Waals surface area (Å²) in [4.78, 5) is 38.1. The van der Waals surface area contributed by atoms with Crippen LogP contribution in [0.4, 0.5) is 0 Å². The van der Waals surface area contributed by atoms with Crippen LogP contribution in [0.25, 0.3) is 0 Å². The van der Waals surface area contributed by atoms with Gasteiger partial charge in [0.05, 0.1) is 0 Å². The molecule has 0 aromatic heterocycles. The fourth-order valence-corrected chi connectivity index (χ4v) is 6.55. The van der Waals surface area contributed by atoms with Crippen molar-refractivity contribution in [2.75, 3.05) is 13.2 Å². The Bertz CT molecular complexity index is 1650. The highest BCUT2D eigenvalue weighted by atomic mass is 16.6. The SMILES string of the molecule is CC\C=C/C=C\C=C/C=C\C=C\C=C/C=C\CCCCCC(=O)OCC(COC(=O)CCCCCCCCC/C=C\C/C=C\CC)OC(=O)CCCCCCC\C=C/C=C\C=C/C=C\C=C/CCC. The lowest BCUT2D eigenvalue weighted by atomic mass is 10.1. The molecule has 0 spiro atoms. The molecule has 0 amide bonds. The van der Waals surface area contributed by atoms with Crippen LogP contribution in [0.5, 0.6) is 0 Å². The first-order valence-corrected chi connectivity index (χ1v) is 26.8. The van der Waals surface area contributed by atoms with E-state index in [1.807, 2.05) is 109 Å². The third-order valence-electron chi connectivity index (χ3n) is 10.5. The predicted molar refractivity (Wildman–Crippen MR) is 297 cm³/mol. The average Bonchev–Trinajstić information content (AvgIpc) is 3.35. The van der Waals surface area contributed by atoms with Gasteiger partial charge in [-0.25, -0.2) is 0 Å². The van der Waals surface area contributed by atoms with Gasteiger partial charge < -0.3 is 14.2 Å². The molecule has 6 nitrogen and oxygen atoms in total. The summed E-state index contributed by atoms with van der Waals surface area (Å²) in [5.74, 6) is -1.01. The van der Waals surface area contributed by atoms with E-state index in [-0.39, 0.29) is 44.0 Å². The van der Waals surface area contributed by atoms with Crippen LogP contribution in [0.2, 0.25) is 0 Å². The lowest BCUT2D eigenvalue weighted by Crippen LogP contribution is -2.30. The van der Waals surface area contributed by atoms with Crippen molar-refractivity contribution in [3.63, 3.8) is 0 Å². The maximum atomic E-state index is 12.8. The second kappa shape index (κ2) is 55.4. The second-order valence-electron chi connectivity index (χ2n) is 17.0. The molecule has 1 atom stereocenters. The summed E-state index contributed by atoms with van der Waals surface area (Å²) in [6, 6.07) is 0. The smallest absolute Gasteiger partial charge is 0.306 e. The van der Waals surface area contributed by atoms with Crippen LogP contribution < -0.4 is 0 Å². The molecule has 0 radical (unpaired) electrons. The van der Waals surface area contributed by atoms with E-state index >= 15 is 0 Å². The van der Waals surface area contributed by atoms with Gasteiger partial charge in [-0.15, -0.1) is 0 Å². The van der Waals surface area contributed by atoms with Crippen LogP contribution in [0.15, 0.2) is 170 Å².